The molecule has 318 valence electrons. The molecule has 2 amide bonds. The standard InChI is InChI=1S/C45H41F3N8O6/c1-4-34-38-37(40(58)56-42(51-39(53-56)29-13-20-60-21-14-29)55(38)25-36(57)50-32-11-10-31(22-27(32)2)45(46,47)48)44(62-34)15-18-54(19-16-44)41(59)43(3)35(61-26-28-8-6-5-7-9-28)23-30-24-49-17-12-33(30)52-43/h1,5-13,17,22-24,34,52H,14-16,18-21,25-26H2,2-3H3,(H,50,57)/t34-,43?/m1/s1. The summed E-state index contributed by atoms with van der Waals surface area (Å²) in [4.78, 5) is 54.0. The first-order valence-electron chi connectivity index (χ1n) is 20.1. The number of rotatable bonds is 8. The second kappa shape index (κ2) is 15.6. The molecule has 0 radical (unpaired) electrons. The van der Waals surface area contributed by atoms with Crippen molar-refractivity contribution in [1.82, 2.24) is 29.0 Å². The van der Waals surface area contributed by atoms with Crippen molar-refractivity contribution in [1.29, 1.82) is 0 Å². The third-order valence-electron chi connectivity index (χ3n) is 11.9. The van der Waals surface area contributed by atoms with Crippen molar-refractivity contribution < 1.29 is 37.0 Å². The number of pyridine rings is 1. The van der Waals surface area contributed by atoms with Crippen LogP contribution < -0.4 is 16.2 Å². The van der Waals surface area contributed by atoms with E-state index in [9.17, 15) is 27.6 Å². The van der Waals surface area contributed by atoms with Crippen molar-refractivity contribution in [2.24, 2.45) is 0 Å². The number of anilines is 2. The Kier molecular flexibility index (Phi) is 10.2. The number of nitrogens with one attached hydrogen (secondary N) is 2. The van der Waals surface area contributed by atoms with Gasteiger partial charge in [-0.1, -0.05) is 42.3 Å². The summed E-state index contributed by atoms with van der Waals surface area (Å²) in [5, 5.41) is 10.7. The lowest BCUT2D eigenvalue weighted by atomic mass is 9.83. The van der Waals surface area contributed by atoms with Gasteiger partial charge in [0.1, 0.15) is 24.5 Å². The van der Waals surface area contributed by atoms with E-state index in [1.165, 1.54) is 17.6 Å². The SMILES string of the molecule is C#C[C@H]1OC2(CCN(C(=O)C3(C)Nc4ccncc4C=C3OCc3ccccc3)CC2)c2c1n(CC(=O)Nc1ccc(C(F)(F)F)cc1C)c1nc(C3=CCOCC3)nn1c2=O. The molecule has 9 rings (SSSR count). The highest BCUT2D eigenvalue weighted by Gasteiger charge is 2.53. The molecule has 17 heteroatoms. The van der Waals surface area contributed by atoms with Crippen molar-refractivity contribution >= 4 is 40.6 Å². The van der Waals surface area contributed by atoms with E-state index in [1.807, 2.05) is 42.5 Å². The van der Waals surface area contributed by atoms with E-state index < -0.39 is 47.0 Å². The number of amides is 2. The summed E-state index contributed by atoms with van der Waals surface area (Å²) in [5.41, 5.74) is 0.0294. The van der Waals surface area contributed by atoms with E-state index in [4.69, 9.17) is 25.6 Å². The topological polar surface area (TPSA) is 154 Å². The maximum Gasteiger partial charge on any atom is 0.416 e. The van der Waals surface area contributed by atoms with Crippen LogP contribution in [-0.4, -0.2) is 72.7 Å². The second-order valence-corrected chi connectivity index (χ2v) is 15.9. The van der Waals surface area contributed by atoms with E-state index in [2.05, 4.69) is 26.6 Å². The average Bonchev–Trinajstić information content (AvgIpc) is 3.86. The molecule has 1 fully saturated rings. The van der Waals surface area contributed by atoms with Crippen LogP contribution in [0.2, 0.25) is 0 Å². The smallest absolute Gasteiger partial charge is 0.416 e. The van der Waals surface area contributed by atoms with E-state index in [0.29, 0.717) is 31.1 Å². The minimum absolute atomic E-state index is 0.0329. The van der Waals surface area contributed by atoms with Gasteiger partial charge in [-0.05, 0) is 80.2 Å². The quantitative estimate of drug-likeness (QED) is 0.177. The van der Waals surface area contributed by atoms with Gasteiger partial charge < -0.3 is 34.3 Å². The van der Waals surface area contributed by atoms with Crippen LogP contribution in [0.3, 0.4) is 0 Å². The van der Waals surface area contributed by atoms with Gasteiger partial charge in [-0.3, -0.25) is 19.4 Å². The third kappa shape index (κ3) is 7.18. The molecule has 5 aromatic rings. The summed E-state index contributed by atoms with van der Waals surface area (Å²) in [6.07, 6.45) is 8.28. The van der Waals surface area contributed by atoms with Gasteiger partial charge in [0.15, 0.2) is 17.5 Å². The van der Waals surface area contributed by atoms with Gasteiger partial charge in [-0.2, -0.15) is 22.7 Å². The lowest BCUT2D eigenvalue weighted by molar-refractivity contribution is -0.144. The maximum atomic E-state index is 14.7. The first-order valence-corrected chi connectivity index (χ1v) is 20.1. The lowest BCUT2D eigenvalue weighted by Crippen LogP contribution is -2.58. The van der Waals surface area contributed by atoms with Gasteiger partial charge in [-0.15, -0.1) is 11.5 Å². The molecule has 1 spiro atoms. The van der Waals surface area contributed by atoms with E-state index in [1.54, 1.807) is 30.3 Å². The molecular weight excluding hydrogens is 806 g/mol. The number of aromatic nitrogens is 5. The van der Waals surface area contributed by atoms with Crippen LogP contribution in [0.15, 0.2) is 83.6 Å². The number of hydrogen-bond donors (Lipinski definition) is 2. The molecule has 2 atom stereocenters. The second-order valence-electron chi connectivity index (χ2n) is 15.9. The molecule has 0 saturated carbocycles. The van der Waals surface area contributed by atoms with Crippen LogP contribution in [0, 0.1) is 19.3 Å². The summed E-state index contributed by atoms with van der Waals surface area (Å²) < 4.78 is 61.4. The van der Waals surface area contributed by atoms with E-state index in [0.717, 1.165) is 33.3 Å². The molecule has 0 bridgehead atoms. The molecule has 7 heterocycles. The summed E-state index contributed by atoms with van der Waals surface area (Å²) in [6, 6.07) is 14.5. The number of alkyl halides is 3. The van der Waals surface area contributed by atoms with Crippen molar-refractivity contribution in [3.8, 4) is 12.3 Å². The Bertz CT molecular complexity index is 2780. The van der Waals surface area contributed by atoms with Crippen LogP contribution in [0.1, 0.15) is 71.6 Å². The van der Waals surface area contributed by atoms with Crippen molar-refractivity contribution in [3.05, 3.63) is 129 Å². The van der Waals surface area contributed by atoms with E-state index in [-0.39, 0.29) is 72.6 Å². The number of ether oxygens (including phenoxy) is 3. The number of carbonyl (C=O) groups is 2. The largest absolute Gasteiger partial charge is 0.490 e. The van der Waals surface area contributed by atoms with Crippen molar-refractivity contribution in [2.75, 3.05) is 36.9 Å². The monoisotopic (exact) mass is 846 g/mol. The van der Waals surface area contributed by atoms with Gasteiger partial charge in [0.05, 0.1) is 30.0 Å². The number of carbonyl (C=O) groups excluding carboxylic acids is 2. The Balaban J connectivity index is 1.05. The Morgan fingerprint density at radius 3 is 2.63 bits per heavy atom. The van der Waals surface area contributed by atoms with Gasteiger partial charge in [0, 0.05) is 42.4 Å². The number of nitrogens with zero attached hydrogens (tertiary/aromatic N) is 6. The van der Waals surface area contributed by atoms with Crippen LogP contribution in [0.5, 0.6) is 0 Å². The van der Waals surface area contributed by atoms with Crippen molar-refractivity contribution in [2.45, 2.75) is 69.7 Å². The normalized spacial score (nSPS) is 20.4. The summed E-state index contributed by atoms with van der Waals surface area (Å²) in [6.45, 7) is 4.13. The summed E-state index contributed by atoms with van der Waals surface area (Å²) in [5.74, 6) is 2.51. The molecule has 1 saturated heterocycles. The highest BCUT2D eigenvalue weighted by atomic mass is 19.4. The average molecular weight is 847 g/mol. The number of fused-ring (bicyclic) bond motifs is 4. The molecule has 0 aliphatic carbocycles. The predicted molar refractivity (Wildman–Crippen MR) is 221 cm³/mol. The fraction of sp³-hybridized carbons (Fsp3) is 0.333. The van der Waals surface area contributed by atoms with Crippen LogP contribution >= 0.6 is 0 Å². The Hall–Kier alpha value is -6.77. The van der Waals surface area contributed by atoms with Crippen LogP contribution in [-0.2, 0) is 48.7 Å². The lowest BCUT2D eigenvalue weighted by Gasteiger charge is -2.44. The first kappa shape index (κ1) is 40.6. The zero-order valence-electron chi connectivity index (χ0n) is 33.8. The van der Waals surface area contributed by atoms with Gasteiger partial charge >= 0.3 is 6.18 Å². The highest BCUT2D eigenvalue weighted by molar-refractivity contribution is 5.96. The number of halogens is 3. The molecule has 62 heavy (non-hydrogen) atoms. The molecule has 2 aromatic carbocycles. The van der Waals surface area contributed by atoms with E-state index >= 15 is 0 Å². The zero-order chi connectivity index (χ0) is 43.4. The molecule has 14 nitrogen and oxygen atoms in total. The minimum Gasteiger partial charge on any atom is -0.490 e. The fourth-order valence-corrected chi connectivity index (χ4v) is 8.65. The zero-order valence-corrected chi connectivity index (χ0v) is 33.8. The van der Waals surface area contributed by atoms with Gasteiger partial charge in [0.25, 0.3) is 11.5 Å². The maximum absolute atomic E-state index is 14.7. The molecule has 4 aliphatic heterocycles. The Labute approximate surface area is 353 Å². The summed E-state index contributed by atoms with van der Waals surface area (Å²) in [7, 11) is 0. The number of benzene rings is 2. The number of terminal acetylenes is 1. The van der Waals surface area contributed by atoms with Crippen molar-refractivity contribution in [3.63, 3.8) is 0 Å². The molecule has 1 unspecified atom stereocenters. The molecule has 3 aromatic heterocycles. The Morgan fingerprint density at radius 1 is 1.13 bits per heavy atom. The van der Waals surface area contributed by atoms with Gasteiger partial charge in [0.2, 0.25) is 11.7 Å². The molecule has 4 aliphatic rings. The molecule has 2 N–H and O–H groups in total. The summed E-state index contributed by atoms with van der Waals surface area (Å²) >= 11 is 0. The first-order chi connectivity index (χ1) is 29.8. The van der Waals surface area contributed by atoms with Crippen LogP contribution in [0.25, 0.3) is 17.4 Å². The van der Waals surface area contributed by atoms with Crippen LogP contribution in [0.4, 0.5) is 24.5 Å². The minimum atomic E-state index is -4.56. The number of hydrogen-bond acceptors (Lipinski definition) is 10. The highest BCUT2D eigenvalue weighted by Crippen LogP contribution is 2.49. The number of likely N-dealkylation sites (tertiary alicyclic amines) is 1. The Morgan fingerprint density at radius 2 is 1.92 bits per heavy atom. The van der Waals surface area contributed by atoms with Gasteiger partial charge in [-0.25, -0.2) is 0 Å². The third-order valence-corrected chi connectivity index (χ3v) is 11.9. The predicted octanol–water partition coefficient (Wildman–Crippen LogP) is 6.02. The number of piperidine rings is 1. The fourth-order valence-electron chi connectivity index (χ4n) is 8.65. The molecular formula is C45H41F3N8O6. The number of aryl methyl sites for hydroxylation is 1.